The van der Waals surface area contributed by atoms with E-state index in [1.54, 1.807) is 43.4 Å². The third-order valence-corrected chi connectivity index (χ3v) is 8.05. The van der Waals surface area contributed by atoms with E-state index in [2.05, 4.69) is 0 Å². The fraction of sp³-hybridized carbons (Fsp3) is 0.606. The number of epoxide rings is 1. The van der Waals surface area contributed by atoms with Gasteiger partial charge in [-0.05, 0) is 19.9 Å². The van der Waals surface area contributed by atoms with Gasteiger partial charge in [-0.2, -0.15) is 0 Å². The standard InChI is InChI=1S/C33H47NO13/c1-18-10-8-6-4-3-5-7-9-11-22(46-33-31(41)29(34)30(40)19(2)45-33)17-24(38)28(32(42)43)23(37)15-20(35)14-21(36)16-26-25(47-26)12-13-27(39)44-18/h3-9,11-13,18-19,21-26,28-31,33,36-38,40-41H,10,14-17,34H2,1-2H3,(H,42,43)/b4-3+,7-5+,8-6+,11-9+,13-12+/t18-,19-,21+,22+,23-,24+,25+,26-,28-,29+,30+,31+,33+/m1/s1. The largest absolute Gasteiger partial charge is 0.481 e. The number of rotatable bonds is 3. The normalized spacial score (nSPS) is 43.4. The third kappa shape index (κ3) is 12.5. The summed E-state index contributed by atoms with van der Waals surface area (Å²) in [5.41, 5.74) is 5.91. The molecule has 0 aromatic heterocycles. The lowest BCUT2D eigenvalue weighted by Gasteiger charge is -2.41. The molecule has 262 valence electrons. The van der Waals surface area contributed by atoms with Crippen molar-refractivity contribution < 1.29 is 64.0 Å². The zero-order chi connectivity index (χ0) is 34.7. The van der Waals surface area contributed by atoms with E-state index in [-0.39, 0.29) is 25.4 Å². The van der Waals surface area contributed by atoms with Gasteiger partial charge in [0.05, 0.1) is 48.8 Å². The molecule has 0 radical (unpaired) electrons. The smallest absolute Gasteiger partial charge is 0.330 e. The van der Waals surface area contributed by atoms with Crippen molar-refractivity contribution in [2.24, 2.45) is 11.7 Å². The Morgan fingerprint density at radius 1 is 0.872 bits per heavy atom. The van der Waals surface area contributed by atoms with Crippen LogP contribution in [-0.4, -0.2) is 122 Å². The minimum atomic E-state index is -1.80. The highest BCUT2D eigenvalue weighted by Gasteiger charge is 2.43. The number of allylic oxidation sites excluding steroid dienone is 6. The Kier molecular flexibility index (Phi) is 15.1. The minimum Gasteiger partial charge on any atom is -0.481 e. The number of cyclic esters (lactones) is 1. The number of carbonyl (C=O) groups is 3. The van der Waals surface area contributed by atoms with Crippen molar-refractivity contribution in [3.05, 3.63) is 60.8 Å². The van der Waals surface area contributed by atoms with Gasteiger partial charge in [0.1, 0.15) is 30.0 Å². The predicted molar refractivity (Wildman–Crippen MR) is 166 cm³/mol. The van der Waals surface area contributed by atoms with Crippen molar-refractivity contribution in [3.8, 4) is 0 Å². The third-order valence-electron chi connectivity index (χ3n) is 8.05. The zero-order valence-corrected chi connectivity index (χ0v) is 26.4. The fourth-order valence-electron chi connectivity index (χ4n) is 5.33. The van der Waals surface area contributed by atoms with E-state index in [0.29, 0.717) is 6.42 Å². The molecule has 8 N–H and O–H groups in total. The van der Waals surface area contributed by atoms with Gasteiger partial charge in [0.2, 0.25) is 0 Å². The number of esters is 1. The maximum absolute atomic E-state index is 12.6. The van der Waals surface area contributed by atoms with Gasteiger partial charge in [0.15, 0.2) is 6.29 Å². The number of ether oxygens (including phenoxy) is 4. The molecule has 3 aliphatic heterocycles. The summed E-state index contributed by atoms with van der Waals surface area (Å²) in [6, 6.07) is -1.10. The lowest BCUT2D eigenvalue weighted by Crippen LogP contribution is -2.61. The Morgan fingerprint density at radius 2 is 1.55 bits per heavy atom. The monoisotopic (exact) mass is 665 g/mol. The van der Waals surface area contributed by atoms with Crippen LogP contribution in [0.1, 0.15) is 46.0 Å². The molecule has 0 saturated carbocycles. The van der Waals surface area contributed by atoms with E-state index in [9.17, 15) is 45.0 Å². The van der Waals surface area contributed by atoms with Crippen LogP contribution in [-0.2, 0) is 33.3 Å². The summed E-state index contributed by atoms with van der Waals surface area (Å²) in [7, 11) is 0. The summed E-state index contributed by atoms with van der Waals surface area (Å²) in [5, 5.41) is 62.6. The summed E-state index contributed by atoms with van der Waals surface area (Å²) in [6.07, 6.45) is 3.57. The Labute approximate surface area is 273 Å². The van der Waals surface area contributed by atoms with Crippen LogP contribution in [0.5, 0.6) is 0 Å². The molecular formula is C33H47NO13. The predicted octanol–water partition coefficient (Wildman–Crippen LogP) is -0.0377. The van der Waals surface area contributed by atoms with Gasteiger partial charge < -0.3 is 55.3 Å². The van der Waals surface area contributed by atoms with E-state index in [1.165, 1.54) is 25.2 Å². The molecule has 0 aromatic carbocycles. The Morgan fingerprint density at radius 3 is 2.26 bits per heavy atom. The number of ketones is 1. The number of nitrogens with two attached hydrogens (primary N) is 1. The average molecular weight is 666 g/mol. The van der Waals surface area contributed by atoms with Gasteiger partial charge in [-0.1, -0.05) is 48.6 Å². The molecule has 0 aromatic rings. The lowest BCUT2D eigenvalue weighted by atomic mass is 9.88. The second kappa shape index (κ2) is 18.5. The average Bonchev–Trinajstić information content (AvgIpc) is 3.72. The number of Topliss-reactive ketones (excluding diaryl/α,β-unsaturated/α-hetero) is 1. The van der Waals surface area contributed by atoms with Crippen LogP contribution in [0.4, 0.5) is 0 Å². The van der Waals surface area contributed by atoms with Crippen LogP contribution >= 0.6 is 0 Å². The van der Waals surface area contributed by atoms with Gasteiger partial charge in [-0.25, -0.2) is 4.79 Å². The van der Waals surface area contributed by atoms with E-state index in [1.807, 2.05) is 6.08 Å². The number of fused-ring (bicyclic) bond motifs is 1. The van der Waals surface area contributed by atoms with Crippen LogP contribution in [0.15, 0.2) is 60.8 Å². The van der Waals surface area contributed by atoms with Gasteiger partial charge >= 0.3 is 11.9 Å². The molecule has 14 heteroatoms. The lowest BCUT2D eigenvalue weighted by molar-refractivity contribution is -0.277. The van der Waals surface area contributed by atoms with Crippen molar-refractivity contribution >= 4 is 17.7 Å². The summed E-state index contributed by atoms with van der Waals surface area (Å²) in [4.78, 5) is 36.9. The quantitative estimate of drug-likeness (QED) is 0.155. The molecule has 3 rings (SSSR count). The molecule has 0 bridgehead atoms. The van der Waals surface area contributed by atoms with E-state index >= 15 is 0 Å². The molecule has 14 nitrogen and oxygen atoms in total. The van der Waals surface area contributed by atoms with Crippen LogP contribution < -0.4 is 5.73 Å². The number of carboxylic acid groups (broad SMARTS) is 1. The van der Waals surface area contributed by atoms with Gasteiger partial charge in [-0.3, -0.25) is 9.59 Å². The van der Waals surface area contributed by atoms with Crippen LogP contribution in [0, 0.1) is 5.92 Å². The number of hydrogen-bond donors (Lipinski definition) is 7. The first-order valence-electron chi connectivity index (χ1n) is 15.7. The first kappa shape index (κ1) is 38.4. The molecule has 0 aliphatic carbocycles. The van der Waals surface area contributed by atoms with Gasteiger partial charge in [0.25, 0.3) is 0 Å². The van der Waals surface area contributed by atoms with Crippen molar-refractivity contribution in [1.82, 2.24) is 0 Å². The van der Waals surface area contributed by atoms with Crippen LogP contribution in [0.2, 0.25) is 0 Å². The maximum atomic E-state index is 12.6. The molecule has 0 spiro atoms. The highest BCUT2D eigenvalue weighted by atomic mass is 16.7. The first-order valence-corrected chi connectivity index (χ1v) is 15.7. The second-order valence-corrected chi connectivity index (χ2v) is 12.1. The number of carbonyl (C=O) groups excluding carboxylic acids is 2. The van der Waals surface area contributed by atoms with Gasteiger partial charge in [-0.15, -0.1) is 0 Å². The Hall–Kier alpha value is -3.05. The first-order chi connectivity index (χ1) is 22.3. The molecule has 0 amide bonds. The van der Waals surface area contributed by atoms with E-state index in [4.69, 9.17) is 24.7 Å². The van der Waals surface area contributed by atoms with Gasteiger partial charge in [0, 0.05) is 38.2 Å². The topological polar surface area (TPSA) is 239 Å². The van der Waals surface area contributed by atoms with E-state index in [0.717, 1.165) is 0 Å². The van der Waals surface area contributed by atoms with E-state index < -0.39 is 97.3 Å². The number of carboxylic acids is 1. The summed E-state index contributed by atoms with van der Waals surface area (Å²) < 4.78 is 22.2. The van der Waals surface area contributed by atoms with Crippen LogP contribution in [0.25, 0.3) is 0 Å². The number of aliphatic hydroxyl groups is 5. The summed E-state index contributed by atoms with van der Waals surface area (Å²) >= 11 is 0. The molecule has 3 aliphatic rings. The summed E-state index contributed by atoms with van der Waals surface area (Å²) in [6.45, 7) is 3.29. The molecule has 3 heterocycles. The molecule has 0 unspecified atom stereocenters. The molecule has 47 heavy (non-hydrogen) atoms. The number of aliphatic hydroxyl groups excluding tert-OH is 5. The molecule has 2 fully saturated rings. The van der Waals surface area contributed by atoms with Crippen molar-refractivity contribution in [2.45, 2.75) is 119 Å². The van der Waals surface area contributed by atoms with Crippen molar-refractivity contribution in [3.63, 3.8) is 0 Å². The molecule has 13 atom stereocenters. The zero-order valence-electron chi connectivity index (χ0n) is 26.4. The molecular weight excluding hydrogens is 618 g/mol. The Balaban J connectivity index is 1.79. The highest BCUT2D eigenvalue weighted by molar-refractivity contribution is 5.82. The SMILES string of the molecule is C[C@@H]1C/C=C/C=C/C=C/C=C/[C@H](O[C@@H]2O[C@H](C)[C@H](O)[C@H](N)[C@@H]2O)C[C@H](O)[C@H](C(=O)O)[C@H](O)CC(=O)C[C@H](O)C[C@H]2O[C@H]2/C=C/C(=O)O1. The fourth-order valence-corrected chi connectivity index (χ4v) is 5.33. The van der Waals surface area contributed by atoms with Crippen molar-refractivity contribution in [1.29, 1.82) is 0 Å². The number of hydrogen-bond acceptors (Lipinski definition) is 13. The van der Waals surface area contributed by atoms with Crippen LogP contribution in [0.3, 0.4) is 0 Å². The Bertz CT molecular complexity index is 1200. The summed E-state index contributed by atoms with van der Waals surface area (Å²) in [5.74, 6) is -4.54. The number of aliphatic carboxylic acids is 1. The van der Waals surface area contributed by atoms with Crippen molar-refractivity contribution in [2.75, 3.05) is 0 Å². The highest BCUT2D eigenvalue weighted by Crippen LogP contribution is 2.29. The molecule has 2 saturated heterocycles. The minimum absolute atomic E-state index is 0.0692. The maximum Gasteiger partial charge on any atom is 0.330 e. The second-order valence-electron chi connectivity index (χ2n) is 12.1.